The summed E-state index contributed by atoms with van der Waals surface area (Å²) in [5.41, 5.74) is 5.92. The van der Waals surface area contributed by atoms with Gasteiger partial charge in [-0.25, -0.2) is 9.97 Å². The van der Waals surface area contributed by atoms with Crippen LogP contribution < -0.4 is 15.5 Å². The van der Waals surface area contributed by atoms with Crippen molar-refractivity contribution in [3.05, 3.63) is 83.2 Å². The van der Waals surface area contributed by atoms with Crippen LogP contribution in [0.2, 0.25) is 0 Å². The van der Waals surface area contributed by atoms with Crippen LogP contribution in [0.5, 0.6) is 0 Å². The quantitative estimate of drug-likeness (QED) is 0.367. The molecule has 3 unspecified atom stereocenters. The van der Waals surface area contributed by atoms with Gasteiger partial charge in [0.1, 0.15) is 5.82 Å². The number of carbonyl (C=O) groups is 1. The molecule has 6 rings (SSSR count). The lowest BCUT2D eigenvalue weighted by atomic mass is 9.99. The minimum Gasteiger partial charge on any atom is -0.372 e. The fourth-order valence-corrected chi connectivity index (χ4v) is 5.57. The van der Waals surface area contributed by atoms with Gasteiger partial charge in [0.05, 0.1) is 54.1 Å². The number of nitrogens with one attached hydrogen (secondary N) is 2. The molecule has 2 aliphatic heterocycles. The van der Waals surface area contributed by atoms with Crippen LogP contribution in [0, 0.1) is 6.92 Å². The van der Waals surface area contributed by atoms with Gasteiger partial charge in [-0.1, -0.05) is 12.1 Å². The Hall–Kier alpha value is -3.92. The van der Waals surface area contributed by atoms with Crippen LogP contribution in [0.4, 0.5) is 5.82 Å². The van der Waals surface area contributed by atoms with Crippen molar-refractivity contribution < 1.29 is 14.3 Å². The van der Waals surface area contributed by atoms with Gasteiger partial charge < -0.3 is 25.0 Å². The fraction of sp³-hybridized carbons (Fsp3) is 0.375. The van der Waals surface area contributed by atoms with Crippen LogP contribution in [0.25, 0.3) is 22.3 Å². The van der Waals surface area contributed by atoms with Gasteiger partial charge in [0, 0.05) is 43.3 Å². The molecule has 0 bridgehead atoms. The number of fused-ring (bicyclic) bond motifs is 1. The van der Waals surface area contributed by atoms with E-state index in [0.29, 0.717) is 18.7 Å². The van der Waals surface area contributed by atoms with Crippen molar-refractivity contribution in [1.82, 2.24) is 25.6 Å². The number of amides is 1. The molecule has 0 spiro atoms. The number of aromatic nitrogens is 3. The van der Waals surface area contributed by atoms with Crippen LogP contribution in [0.3, 0.4) is 0 Å². The topological polar surface area (TPSA) is 102 Å². The molecule has 3 atom stereocenters. The summed E-state index contributed by atoms with van der Waals surface area (Å²) in [6.07, 6.45) is 2.07. The predicted molar refractivity (Wildman–Crippen MR) is 159 cm³/mol. The molecule has 2 saturated heterocycles. The Balaban J connectivity index is 1.17. The third kappa shape index (κ3) is 6.22. The molecule has 41 heavy (non-hydrogen) atoms. The van der Waals surface area contributed by atoms with Crippen LogP contribution in [-0.2, 0) is 16.0 Å². The second-order valence-electron chi connectivity index (χ2n) is 10.9. The predicted octanol–water partition coefficient (Wildman–Crippen LogP) is 4.20. The number of morpholine rings is 2. The standard InChI is InChI=1S/C32H36N6O3/c1-20-7-8-23(13-26(20)30-17-33-11-12-40-30)32(39)35-16-25-14-29-24(15-34-25)9-10-28(36-29)27-5-4-6-31(37-27)38-18-21(2)41-22(3)19-38/h4-10,13-15,21-22,30,33H,11-12,16-19H2,1-3H3,(H,35,39). The Morgan fingerprint density at radius 2 is 1.88 bits per heavy atom. The van der Waals surface area contributed by atoms with Crippen molar-refractivity contribution in [2.45, 2.75) is 45.6 Å². The molecule has 0 saturated carbocycles. The zero-order chi connectivity index (χ0) is 28.3. The third-order valence-corrected chi connectivity index (χ3v) is 7.62. The molecule has 1 amide bonds. The summed E-state index contributed by atoms with van der Waals surface area (Å²) in [4.78, 5) is 29.7. The van der Waals surface area contributed by atoms with Crippen molar-refractivity contribution in [1.29, 1.82) is 0 Å². The smallest absolute Gasteiger partial charge is 0.251 e. The minimum absolute atomic E-state index is 0.0462. The summed E-state index contributed by atoms with van der Waals surface area (Å²) in [5.74, 6) is 0.779. The number of anilines is 1. The maximum atomic E-state index is 13.0. The Kier molecular flexibility index (Phi) is 7.91. The van der Waals surface area contributed by atoms with Crippen LogP contribution >= 0.6 is 0 Å². The van der Waals surface area contributed by atoms with E-state index in [2.05, 4.69) is 34.4 Å². The highest BCUT2D eigenvalue weighted by molar-refractivity contribution is 5.94. The minimum atomic E-state index is -0.147. The SMILES string of the molecule is Cc1ccc(C(=O)NCc2cc3nc(-c4cccc(N5CC(C)OC(C)C5)n4)ccc3cn2)cc1C1CNCCO1. The molecule has 2 aliphatic rings. The van der Waals surface area contributed by atoms with Crippen LogP contribution in [0.15, 0.2) is 60.8 Å². The lowest BCUT2D eigenvalue weighted by Crippen LogP contribution is -2.45. The van der Waals surface area contributed by atoms with Gasteiger partial charge in [-0.05, 0) is 74.4 Å². The van der Waals surface area contributed by atoms with E-state index in [9.17, 15) is 4.79 Å². The molecule has 3 aromatic heterocycles. The Bertz CT molecular complexity index is 1540. The van der Waals surface area contributed by atoms with E-state index in [1.54, 1.807) is 6.20 Å². The highest BCUT2D eigenvalue weighted by Gasteiger charge is 2.23. The third-order valence-electron chi connectivity index (χ3n) is 7.62. The number of benzene rings is 1. The number of ether oxygens (including phenoxy) is 2. The molecule has 2 N–H and O–H groups in total. The average Bonchev–Trinajstić information content (AvgIpc) is 2.99. The number of hydrogen-bond acceptors (Lipinski definition) is 8. The number of hydrogen-bond donors (Lipinski definition) is 2. The number of pyridine rings is 3. The van der Waals surface area contributed by atoms with E-state index in [0.717, 1.165) is 71.1 Å². The molecule has 9 nitrogen and oxygen atoms in total. The van der Waals surface area contributed by atoms with Crippen molar-refractivity contribution in [2.75, 3.05) is 37.7 Å². The van der Waals surface area contributed by atoms with Gasteiger partial charge in [-0.3, -0.25) is 9.78 Å². The molecule has 4 aromatic rings. The number of aryl methyl sites for hydroxylation is 1. The average molecular weight is 553 g/mol. The molecule has 5 heterocycles. The highest BCUT2D eigenvalue weighted by Crippen LogP contribution is 2.25. The van der Waals surface area contributed by atoms with Gasteiger partial charge >= 0.3 is 0 Å². The van der Waals surface area contributed by atoms with Crippen LogP contribution in [0.1, 0.15) is 47.1 Å². The molecule has 2 fully saturated rings. The Morgan fingerprint density at radius 3 is 2.68 bits per heavy atom. The summed E-state index contributed by atoms with van der Waals surface area (Å²) < 4.78 is 11.8. The summed E-state index contributed by atoms with van der Waals surface area (Å²) in [5, 5.41) is 7.30. The second kappa shape index (κ2) is 11.9. The van der Waals surface area contributed by atoms with Gasteiger partial charge in [-0.2, -0.15) is 0 Å². The molecule has 1 aromatic carbocycles. The summed E-state index contributed by atoms with van der Waals surface area (Å²) in [7, 11) is 0. The van der Waals surface area contributed by atoms with E-state index in [1.807, 2.05) is 61.5 Å². The maximum absolute atomic E-state index is 13.0. The van der Waals surface area contributed by atoms with Gasteiger partial charge in [0.25, 0.3) is 5.91 Å². The highest BCUT2D eigenvalue weighted by atomic mass is 16.5. The first-order chi connectivity index (χ1) is 19.9. The van der Waals surface area contributed by atoms with Crippen molar-refractivity contribution >= 4 is 22.6 Å². The first-order valence-electron chi connectivity index (χ1n) is 14.3. The van der Waals surface area contributed by atoms with E-state index >= 15 is 0 Å². The largest absolute Gasteiger partial charge is 0.372 e. The van der Waals surface area contributed by atoms with E-state index < -0.39 is 0 Å². The van der Waals surface area contributed by atoms with Gasteiger partial charge in [0.2, 0.25) is 0 Å². The maximum Gasteiger partial charge on any atom is 0.251 e. The monoisotopic (exact) mass is 552 g/mol. The van der Waals surface area contributed by atoms with Crippen molar-refractivity contribution in [2.24, 2.45) is 0 Å². The van der Waals surface area contributed by atoms with E-state index in [-0.39, 0.29) is 24.2 Å². The molecule has 0 radical (unpaired) electrons. The number of nitrogens with zero attached hydrogens (tertiary/aromatic N) is 4. The van der Waals surface area contributed by atoms with Crippen molar-refractivity contribution in [3.8, 4) is 11.4 Å². The fourth-order valence-electron chi connectivity index (χ4n) is 5.57. The molecule has 9 heteroatoms. The zero-order valence-corrected chi connectivity index (χ0v) is 23.8. The van der Waals surface area contributed by atoms with E-state index in [4.69, 9.17) is 19.4 Å². The normalized spacial score (nSPS) is 21.1. The molecular weight excluding hydrogens is 516 g/mol. The van der Waals surface area contributed by atoms with E-state index in [1.165, 1.54) is 0 Å². The number of carbonyl (C=O) groups excluding carboxylic acids is 1. The lowest BCUT2D eigenvalue weighted by molar-refractivity contribution is -0.00545. The summed E-state index contributed by atoms with van der Waals surface area (Å²) in [6, 6.07) is 17.7. The summed E-state index contributed by atoms with van der Waals surface area (Å²) in [6.45, 7) is 10.4. The Morgan fingerprint density at radius 1 is 1.05 bits per heavy atom. The number of rotatable bonds is 6. The first-order valence-corrected chi connectivity index (χ1v) is 14.3. The van der Waals surface area contributed by atoms with Crippen LogP contribution in [-0.4, -0.2) is 65.9 Å². The van der Waals surface area contributed by atoms with Gasteiger partial charge in [-0.15, -0.1) is 0 Å². The molecule has 212 valence electrons. The summed E-state index contributed by atoms with van der Waals surface area (Å²) >= 11 is 0. The first kappa shape index (κ1) is 27.3. The Labute approximate surface area is 240 Å². The zero-order valence-electron chi connectivity index (χ0n) is 23.8. The second-order valence-corrected chi connectivity index (χ2v) is 10.9. The lowest BCUT2D eigenvalue weighted by Gasteiger charge is -2.36. The van der Waals surface area contributed by atoms with Crippen molar-refractivity contribution in [3.63, 3.8) is 0 Å². The molecular formula is C32H36N6O3. The molecule has 0 aliphatic carbocycles. The van der Waals surface area contributed by atoms with Gasteiger partial charge in [0.15, 0.2) is 0 Å².